The maximum Gasteiger partial charge on any atom is 0.270 e. The van der Waals surface area contributed by atoms with E-state index in [1.165, 1.54) is 0 Å². The lowest BCUT2D eigenvalue weighted by atomic mass is 9.93. The zero-order chi connectivity index (χ0) is 13.9. The summed E-state index contributed by atoms with van der Waals surface area (Å²) in [4.78, 5) is 0. The summed E-state index contributed by atoms with van der Waals surface area (Å²) in [5.41, 5.74) is 2.32. The molecule has 0 unspecified atom stereocenters. The first kappa shape index (κ1) is 12.5. The molecule has 0 saturated heterocycles. The molecule has 0 aliphatic carbocycles. The molecule has 0 radical (unpaired) electrons. The second kappa shape index (κ2) is 5.25. The summed E-state index contributed by atoms with van der Waals surface area (Å²) >= 11 is 0. The third kappa shape index (κ3) is 2.32. The fourth-order valence-electron chi connectivity index (χ4n) is 2.45. The molecule has 0 spiro atoms. The molecule has 0 N–H and O–H groups in total. The highest BCUT2D eigenvalue weighted by Crippen LogP contribution is 2.33. The first-order valence-corrected chi connectivity index (χ1v) is 6.35. The summed E-state index contributed by atoms with van der Waals surface area (Å²) in [5.74, 6) is 0. The van der Waals surface area contributed by atoms with Crippen molar-refractivity contribution in [2.75, 3.05) is 0 Å². The Balaban J connectivity index is 2.38. The Morgan fingerprint density at radius 3 is 2.20 bits per heavy atom. The van der Waals surface area contributed by atoms with Crippen LogP contribution in [0.15, 0.2) is 72.8 Å². The molecule has 0 nitrogen and oxygen atoms in total. The normalized spacial score (nSPS) is 10.5. The number of halogens is 2. The van der Waals surface area contributed by atoms with Crippen LogP contribution in [0.1, 0.15) is 5.56 Å². The van der Waals surface area contributed by atoms with Gasteiger partial charge in [-0.1, -0.05) is 66.7 Å². The Kier molecular flexibility index (Phi) is 3.30. The molecule has 0 aliphatic rings. The minimum absolute atomic E-state index is 0.537. The van der Waals surface area contributed by atoms with E-state index < -0.39 is 6.08 Å². The maximum atomic E-state index is 12.7. The average Bonchev–Trinajstić information content (AvgIpc) is 2.47. The van der Waals surface area contributed by atoms with Crippen LogP contribution in [0.2, 0.25) is 0 Å². The zero-order valence-corrected chi connectivity index (χ0v) is 10.7. The number of fused-ring (bicyclic) bond motifs is 1. The highest BCUT2D eigenvalue weighted by Gasteiger charge is 2.09. The van der Waals surface area contributed by atoms with Gasteiger partial charge in [0.05, 0.1) is 0 Å². The average molecular weight is 266 g/mol. The van der Waals surface area contributed by atoms with Gasteiger partial charge in [-0.05, 0) is 27.5 Å². The van der Waals surface area contributed by atoms with E-state index in [2.05, 4.69) is 0 Å². The van der Waals surface area contributed by atoms with Crippen LogP contribution in [0.4, 0.5) is 8.78 Å². The maximum absolute atomic E-state index is 12.7. The Morgan fingerprint density at radius 1 is 0.750 bits per heavy atom. The van der Waals surface area contributed by atoms with Gasteiger partial charge in [-0.25, -0.2) is 0 Å². The van der Waals surface area contributed by atoms with Crippen molar-refractivity contribution in [3.63, 3.8) is 0 Å². The van der Waals surface area contributed by atoms with Gasteiger partial charge >= 0.3 is 0 Å². The van der Waals surface area contributed by atoms with Gasteiger partial charge in [0.15, 0.2) is 0 Å². The summed E-state index contributed by atoms with van der Waals surface area (Å²) in [6.07, 6.45) is -0.758. The third-order valence-electron chi connectivity index (χ3n) is 3.29. The van der Waals surface area contributed by atoms with Crippen molar-refractivity contribution in [2.45, 2.75) is 0 Å². The molecule has 0 aliphatic heterocycles. The van der Waals surface area contributed by atoms with Gasteiger partial charge in [0.1, 0.15) is 0 Å². The van der Waals surface area contributed by atoms with Gasteiger partial charge in [0.2, 0.25) is 0 Å². The van der Waals surface area contributed by atoms with Gasteiger partial charge in [0, 0.05) is 6.08 Å². The molecule has 3 aromatic rings. The SMILES string of the molecule is FC(F)=Cc1ccc2ccccc2c1-c1ccccc1. The Morgan fingerprint density at radius 2 is 1.45 bits per heavy atom. The van der Waals surface area contributed by atoms with Crippen LogP contribution < -0.4 is 0 Å². The molecule has 0 bridgehead atoms. The van der Waals surface area contributed by atoms with Crippen molar-refractivity contribution in [3.8, 4) is 11.1 Å². The summed E-state index contributed by atoms with van der Waals surface area (Å²) in [6, 6.07) is 21.1. The Labute approximate surface area is 116 Å². The molecule has 0 saturated carbocycles. The molecular weight excluding hydrogens is 254 g/mol. The second-order valence-electron chi connectivity index (χ2n) is 4.55. The number of benzene rings is 3. The predicted octanol–water partition coefficient (Wildman–Crippen LogP) is 5.74. The molecular formula is C18H12F2. The van der Waals surface area contributed by atoms with Crippen LogP contribution >= 0.6 is 0 Å². The van der Waals surface area contributed by atoms with Crippen molar-refractivity contribution in [2.24, 2.45) is 0 Å². The minimum Gasteiger partial charge on any atom is -0.173 e. The molecule has 3 aromatic carbocycles. The standard InChI is InChI=1S/C18H12F2/c19-17(20)12-15-11-10-13-6-4-5-9-16(13)18(15)14-7-2-1-3-8-14/h1-12H. The number of rotatable bonds is 2. The lowest BCUT2D eigenvalue weighted by Crippen LogP contribution is -1.86. The Hall–Kier alpha value is -2.48. The van der Waals surface area contributed by atoms with E-state index in [9.17, 15) is 8.78 Å². The monoisotopic (exact) mass is 266 g/mol. The molecule has 2 heteroatoms. The lowest BCUT2D eigenvalue weighted by Gasteiger charge is -2.11. The van der Waals surface area contributed by atoms with E-state index in [0.29, 0.717) is 5.56 Å². The van der Waals surface area contributed by atoms with Crippen LogP contribution in [-0.4, -0.2) is 0 Å². The van der Waals surface area contributed by atoms with Crippen LogP contribution in [-0.2, 0) is 0 Å². The van der Waals surface area contributed by atoms with E-state index in [1.807, 2.05) is 60.7 Å². The lowest BCUT2D eigenvalue weighted by molar-refractivity contribution is 0.429. The van der Waals surface area contributed by atoms with Gasteiger partial charge < -0.3 is 0 Å². The van der Waals surface area contributed by atoms with E-state index >= 15 is 0 Å². The van der Waals surface area contributed by atoms with E-state index in [-0.39, 0.29) is 0 Å². The molecule has 3 rings (SSSR count). The fraction of sp³-hybridized carbons (Fsp3) is 0. The molecule has 0 amide bonds. The highest BCUT2D eigenvalue weighted by atomic mass is 19.3. The smallest absolute Gasteiger partial charge is 0.173 e. The van der Waals surface area contributed by atoms with E-state index in [1.54, 1.807) is 6.07 Å². The first-order chi connectivity index (χ1) is 9.75. The highest BCUT2D eigenvalue weighted by molar-refractivity contribution is 6.00. The summed E-state index contributed by atoms with van der Waals surface area (Å²) in [6.45, 7) is 0. The second-order valence-corrected chi connectivity index (χ2v) is 4.55. The van der Waals surface area contributed by atoms with Crippen LogP contribution in [0, 0.1) is 0 Å². The van der Waals surface area contributed by atoms with E-state index in [0.717, 1.165) is 28.0 Å². The summed E-state index contributed by atoms with van der Waals surface area (Å²) in [5, 5.41) is 2.02. The van der Waals surface area contributed by atoms with Crippen molar-refractivity contribution in [3.05, 3.63) is 78.4 Å². The molecule has 0 fully saturated rings. The van der Waals surface area contributed by atoms with Crippen molar-refractivity contribution in [1.82, 2.24) is 0 Å². The fourth-order valence-corrected chi connectivity index (χ4v) is 2.45. The van der Waals surface area contributed by atoms with Crippen LogP contribution in [0.25, 0.3) is 28.0 Å². The zero-order valence-electron chi connectivity index (χ0n) is 10.7. The number of hydrogen-bond donors (Lipinski definition) is 0. The van der Waals surface area contributed by atoms with Gasteiger partial charge in [-0.3, -0.25) is 0 Å². The molecule has 20 heavy (non-hydrogen) atoms. The number of hydrogen-bond acceptors (Lipinski definition) is 0. The largest absolute Gasteiger partial charge is 0.270 e. The van der Waals surface area contributed by atoms with Crippen LogP contribution in [0.5, 0.6) is 0 Å². The Bertz CT molecular complexity index is 770. The van der Waals surface area contributed by atoms with Gasteiger partial charge in [-0.15, -0.1) is 0 Å². The van der Waals surface area contributed by atoms with Crippen molar-refractivity contribution in [1.29, 1.82) is 0 Å². The minimum atomic E-state index is -1.68. The quantitative estimate of drug-likeness (QED) is 0.554. The van der Waals surface area contributed by atoms with Crippen molar-refractivity contribution >= 4 is 16.8 Å². The van der Waals surface area contributed by atoms with Crippen LogP contribution in [0.3, 0.4) is 0 Å². The first-order valence-electron chi connectivity index (χ1n) is 6.35. The molecule has 0 heterocycles. The van der Waals surface area contributed by atoms with Gasteiger partial charge in [-0.2, -0.15) is 8.78 Å². The molecule has 98 valence electrons. The predicted molar refractivity (Wildman–Crippen MR) is 79.6 cm³/mol. The topological polar surface area (TPSA) is 0 Å². The van der Waals surface area contributed by atoms with Crippen molar-refractivity contribution < 1.29 is 8.78 Å². The molecule has 0 atom stereocenters. The molecule has 0 aromatic heterocycles. The van der Waals surface area contributed by atoms with Gasteiger partial charge in [0.25, 0.3) is 6.08 Å². The van der Waals surface area contributed by atoms with E-state index in [4.69, 9.17) is 0 Å². The summed E-state index contributed by atoms with van der Waals surface area (Å²) < 4.78 is 25.4. The summed E-state index contributed by atoms with van der Waals surface area (Å²) in [7, 11) is 0. The third-order valence-corrected chi connectivity index (χ3v) is 3.29.